The predicted octanol–water partition coefficient (Wildman–Crippen LogP) is 34.8. The van der Waals surface area contributed by atoms with Gasteiger partial charge in [0.05, 0.1) is 0 Å². The van der Waals surface area contributed by atoms with Crippen molar-refractivity contribution >= 4 is 20.1 Å². The van der Waals surface area contributed by atoms with Gasteiger partial charge in [0.25, 0.3) is 0 Å². The van der Waals surface area contributed by atoms with Crippen LogP contribution in [0.25, 0.3) is 0 Å². The molecule has 0 bridgehead atoms. The monoisotopic (exact) mass is 1400 g/mol. The standard InChI is InChI=1S/6C12H22.3C3H9B.C3H9N.4C3H8/c6*1-3-7-11(8-4-1)12-9-5-2-6-10-12;4*1-4(2)3;4*1-3-2/h6*11-12H,1-10H2;4*1-3H3;4*3H2,1-2H3. The van der Waals surface area contributed by atoms with Crippen molar-refractivity contribution in [2.24, 2.45) is 71.0 Å². The second-order valence-electron chi connectivity index (χ2n) is 38.1. The number of nitrogens with zero attached hydrogens (tertiary/aromatic N) is 1. The van der Waals surface area contributed by atoms with Crippen LogP contribution in [0.15, 0.2) is 0 Å². The summed E-state index contributed by atoms with van der Waals surface area (Å²) in [5.74, 6) is 13.7. The van der Waals surface area contributed by atoms with Gasteiger partial charge in [0.1, 0.15) is 20.1 Å². The molecule has 0 atom stereocenters. The van der Waals surface area contributed by atoms with Gasteiger partial charge < -0.3 is 4.90 Å². The van der Waals surface area contributed by atoms with Crippen molar-refractivity contribution in [3.05, 3.63) is 0 Å². The summed E-state index contributed by atoms with van der Waals surface area (Å²) in [5.41, 5.74) is 0. The van der Waals surface area contributed by atoms with Crippen LogP contribution >= 0.6 is 0 Å². The lowest BCUT2D eigenvalue weighted by Gasteiger charge is -2.32. The average molecular weight is 1400 g/mol. The minimum atomic E-state index is 0.833. The van der Waals surface area contributed by atoms with Gasteiger partial charge in [0, 0.05) is 0 Å². The first-order valence-corrected chi connectivity index (χ1v) is 48.0. The Kier molecular flexibility index (Phi) is 77.6. The predicted molar refractivity (Wildman–Crippen MR) is 472 cm³/mol. The molecule has 1 nitrogen and oxygen atoms in total. The Bertz CT molecular complexity index is 1090. The molecular weight excluding hydrogens is 1200 g/mol. The van der Waals surface area contributed by atoms with E-state index in [9.17, 15) is 0 Å². The Morgan fingerprint density at radius 3 is 0.230 bits per heavy atom. The van der Waals surface area contributed by atoms with E-state index in [-0.39, 0.29) is 0 Å². The molecule has 0 aromatic carbocycles. The molecule has 4 heteroatoms. The fourth-order valence-corrected chi connectivity index (χ4v) is 19.3. The van der Waals surface area contributed by atoms with Crippen molar-refractivity contribution < 1.29 is 0 Å². The first kappa shape index (κ1) is 102. The Morgan fingerprint density at radius 2 is 0.190 bits per heavy atom. The minimum Gasteiger partial charge on any atom is -0.312 e. The third kappa shape index (κ3) is 64.2. The first-order chi connectivity index (χ1) is 48.4. The van der Waals surface area contributed by atoms with E-state index in [1.807, 2.05) is 26.0 Å². The van der Waals surface area contributed by atoms with E-state index < -0.39 is 0 Å². The summed E-state index contributed by atoms with van der Waals surface area (Å²) in [6.45, 7) is 39.0. The molecule has 0 unspecified atom stereocenters. The lowest BCUT2D eigenvalue weighted by Crippen LogP contribution is -2.20. The number of hydrogen-bond donors (Lipinski definition) is 0. The van der Waals surface area contributed by atoms with E-state index in [1.165, 1.54) is 257 Å². The molecule has 0 aliphatic heterocycles. The smallest absolute Gasteiger partial charge is 0.130 e. The summed E-state index contributed by atoms with van der Waals surface area (Å²) >= 11 is 0. The zero-order valence-corrected chi connectivity index (χ0v) is 74.4. The SMILES string of the molecule is C1CCC(C2CCCCC2)CC1.C1CCC(C2CCCCC2)CC1.C1CCC(C2CCCCC2)CC1.C1CCC(C2CCCCC2)CC1.C1CCC(C2CCCCC2)CC1.C1CCC(C2CCCCC2)CC1.CB(C)C.CB(C)C.CB(C)C.CCC.CCC.CCC.CCC.CN(C)C. The van der Waals surface area contributed by atoms with Gasteiger partial charge in [-0.3, -0.25) is 0 Å². The number of hydrogen-bond acceptors (Lipinski definition) is 1. The molecule has 0 aromatic heterocycles. The third-order valence-corrected chi connectivity index (χ3v) is 23.8. The molecule has 0 N–H and O–H groups in total. The van der Waals surface area contributed by atoms with Gasteiger partial charge in [-0.25, -0.2) is 0 Å². The number of rotatable bonds is 6. The average Bonchev–Trinajstić information content (AvgIpc) is 1.02. The quantitative estimate of drug-likeness (QED) is 0.240. The Hall–Kier alpha value is 0.155. The molecule has 12 aliphatic rings. The van der Waals surface area contributed by atoms with Gasteiger partial charge in [-0.1, -0.05) is 528 Å². The van der Waals surface area contributed by atoms with Crippen LogP contribution < -0.4 is 0 Å². The van der Waals surface area contributed by atoms with Crippen LogP contribution in [0.5, 0.6) is 0 Å². The first-order valence-electron chi connectivity index (χ1n) is 48.0. The second-order valence-corrected chi connectivity index (χ2v) is 38.1. The van der Waals surface area contributed by atoms with Crippen molar-refractivity contribution in [2.75, 3.05) is 21.1 Å². The fourth-order valence-electron chi connectivity index (χ4n) is 19.3. The second kappa shape index (κ2) is 75.9. The van der Waals surface area contributed by atoms with Crippen LogP contribution in [-0.4, -0.2) is 46.2 Å². The lowest BCUT2D eigenvalue weighted by atomic mass is 9.58. The van der Waals surface area contributed by atoms with E-state index >= 15 is 0 Å². The van der Waals surface area contributed by atoms with Crippen molar-refractivity contribution in [2.45, 2.75) is 528 Å². The van der Waals surface area contributed by atoms with Gasteiger partial charge in [0.15, 0.2) is 0 Å². The van der Waals surface area contributed by atoms with Crippen LogP contribution in [0.4, 0.5) is 0 Å². The van der Waals surface area contributed by atoms with Gasteiger partial charge in [-0.05, 0) is 92.2 Å². The van der Waals surface area contributed by atoms with Crippen LogP contribution in [-0.2, 0) is 0 Å². The Morgan fingerprint density at radius 1 is 0.150 bits per heavy atom. The summed E-state index contributed by atoms with van der Waals surface area (Å²) in [4.78, 5) is 2.00. The highest BCUT2D eigenvalue weighted by atomic mass is 15.0. The van der Waals surface area contributed by atoms with Crippen LogP contribution in [0, 0.1) is 71.0 Å². The molecule has 0 heterocycles. The molecule has 0 amide bonds. The molecule has 0 spiro atoms. The Labute approximate surface area is 641 Å². The molecule has 12 fully saturated rings. The maximum absolute atomic E-state index is 2.17. The van der Waals surface area contributed by atoms with Crippen LogP contribution in [0.3, 0.4) is 0 Å². The zero-order chi connectivity index (χ0) is 74.5. The van der Waals surface area contributed by atoms with Crippen LogP contribution in [0.1, 0.15) is 466 Å². The van der Waals surface area contributed by atoms with E-state index in [0.29, 0.717) is 0 Å². The molecule has 100 heavy (non-hydrogen) atoms. The highest BCUT2D eigenvalue weighted by molar-refractivity contribution is 6.54. The fraction of sp³-hybridized carbons (Fsp3) is 1.00. The van der Waals surface area contributed by atoms with E-state index in [4.69, 9.17) is 0 Å². The summed E-state index contributed by atoms with van der Waals surface area (Å²) < 4.78 is 0. The summed E-state index contributed by atoms with van der Waals surface area (Å²) in [7, 11) is 6.00. The summed E-state index contributed by atoms with van der Waals surface area (Å²) in [6, 6.07) is 0. The molecule has 0 aromatic rings. The molecule has 12 rings (SSSR count). The van der Waals surface area contributed by atoms with E-state index in [0.717, 1.165) is 91.2 Å². The molecule has 0 saturated heterocycles. The zero-order valence-electron chi connectivity index (χ0n) is 74.4. The Balaban J connectivity index is 0. The summed E-state index contributed by atoms with van der Waals surface area (Å²) in [5, 5.41) is 0. The third-order valence-electron chi connectivity index (χ3n) is 23.8. The van der Waals surface area contributed by atoms with E-state index in [1.54, 1.807) is 154 Å². The molecule has 0 radical (unpaired) electrons. The minimum absolute atomic E-state index is 0.833. The van der Waals surface area contributed by atoms with Gasteiger partial charge in [-0.2, -0.15) is 0 Å². The van der Waals surface area contributed by atoms with Crippen molar-refractivity contribution in [3.8, 4) is 0 Å². The highest BCUT2D eigenvalue weighted by Gasteiger charge is 2.30. The molecular formula is C96H200B3N. The van der Waals surface area contributed by atoms with Gasteiger partial charge in [0.2, 0.25) is 0 Å². The maximum Gasteiger partial charge on any atom is 0.130 e. The van der Waals surface area contributed by atoms with Crippen molar-refractivity contribution in [3.63, 3.8) is 0 Å². The van der Waals surface area contributed by atoms with Crippen LogP contribution in [0.2, 0.25) is 61.4 Å². The van der Waals surface area contributed by atoms with Crippen molar-refractivity contribution in [1.82, 2.24) is 4.90 Å². The molecule has 598 valence electrons. The van der Waals surface area contributed by atoms with E-state index in [2.05, 4.69) is 117 Å². The van der Waals surface area contributed by atoms with Gasteiger partial charge in [-0.15, -0.1) is 0 Å². The lowest BCUT2D eigenvalue weighted by molar-refractivity contribution is 0.196. The topological polar surface area (TPSA) is 3.24 Å². The summed E-state index contributed by atoms with van der Waals surface area (Å²) in [6.07, 6.45) is 97.3. The largest absolute Gasteiger partial charge is 0.312 e. The molecule has 12 saturated carbocycles. The van der Waals surface area contributed by atoms with Gasteiger partial charge >= 0.3 is 0 Å². The normalized spacial score (nSPS) is 22.8. The molecule has 12 aliphatic carbocycles. The maximum atomic E-state index is 2.17. The highest BCUT2D eigenvalue weighted by Crippen LogP contribution is 2.43. The van der Waals surface area contributed by atoms with Crippen molar-refractivity contribution in [1.29, 1.82) is 0 Å².